The van der Waals surface area contributed by atoms with Crippen molar-refractivity contribution >= 4 is 11.1 Å². The molecule has 68 heavy (non-hydrogen) atoms. The first-order valence-electron chi connectivity index (χ1n) is 23.1. The Labute approximate surface area is 393 Å². The van der Waals surface area contributed by atoms with Gasteiger partial charge in [-0.3, -0.25) is 19.3 Å². The Morgan fingerprint density at radius 1 is 0.574 bits per heavy atom. The summed E-state index contributed by atoms with van der Waals surface area (Å²) in [4.78, 5) is 9.33. The minimum atomic E-state index is -0.710. The van der Waals surface area contributed by atoms with Gasteiger partial charge in [-0.1, -0.05) is 12.2 Å². The van der Waals surface area contributed by atoms with Gasteiger partial charge in [0.2, 0.25) is 0 Å². The Bertz CT molecular complexity index is 2720. The zero-order valence-corrected chi connectivity index (χ0v) is 39.2. The molecule has 4 aliphatic rings. The number of pyridine rings is 2. The fourth-order valence-corrected chi connectivity index (χ4v) is 9.87. The molecule has 6 heterocycles. The van der Waals surface area contributed by atoms with E-state index in [1.165, 1.54) is 40.6 Å². The summed E-state index contributed by atoms with van der Waals surface area (Å²) in [6, 6.07) is 7.36. The summed E-state index contributed by atoms with van der Waals surface area (Å²) in [6.45, 7) is 8.07. The van der Waals surface area contributed by atoms with Crippen LogP contribution in [-0.4, -0.2) is 84.1 Å². The number of hydrogen-bond acceptors (Lipinski definition) is 10. The van der Waals surface area contributed by atoms with Gasteiger partial charge in [0, 0.05) is 107 Å². The average Bonchev–Trinajstić information content (AvgIpc) is 4.17. The van der Waals surface area contributed by atoms with Crippen molar-refractivity contribution in [1.82, 2.24) is 40.2 Å². The van der Waals surface area contributed by atoms with Crippen LogP contribution in [0, 0.1) is 37.1 Å². The molecule has 0 unspecified atom stereocenters. The standard InChI is InChI=1S/2C26H28F2N4O2/c1-15-21(14-32(31-15)18-6-8-29-9-7-18)17-11-19-16(4-5-22(19)30-13-17)10-20-25(27)23(33-2)12-24(34-3)26(20)28;1-15-21(14-31-32(15)18-6-8-29-9-7-18)17-11-19-16(4-5-22(19)30-13-17)10-20-25(27)23(33-2)12-24(34-3)26(20)28/h2*4,11-14,18,29H,5-10H2,1-3H3. The molecule has 6 aromatic rings. The number of benzene rings is 2. The topological polar surface area (TPSA) is 122 Å². The van der Waals surface area contributed by atoms with E-state index in [1.54, 1.807) is 0 Å². The molecule has 2 aliphatic heterocycles. The van der Waals surface area contributed by atoms with Crippen molar-refractivity contribution in [2.75, 3.05) is 54.6 Å². The fourth-order valence-electron chi connectivity index (χ4n) is 9.87. The molecule has 0 spiro atoms. The third-order valence-electron chi connectivity index (χ3n) is 13.7. The lowest BCUT2D eigenvalue weighted by Crippen LogP contribution is -2.30. The zero-order valence-electron chi connectivity index (χ0n) is 39.2. The highest BCUT2D eigenvalue weighted by molar-refractivity contribution is 5.79. The second kappa shape index (κ2) is 20.0. The van der Waals surface area contributed by atoms with Crippen LogP contribution in [0.5, 0.6) is 23.0 Å². The molecule has 2 aromatic carbocycles. The summed E-state index contributed by atoms with van der Waals surface area (Å²) in [5, 5.41) is 16.2. The third kappa shape index (κ3) is 8.98. The van der Waals surface area contributed by atoms with Gasteiger partial charge in [0.1, 0.15) is 0 Å². The van der Waals surface area contributed by atoms with Crippen LogP contribution in [0.2, 0.25) is 0 Å². The lowest BCUT2D eigenvalue weighted by molar-refractivity contribution is 0.338. The van der Waals surface area contributed by atoms with E-state index in [4.69, 9.17) is 24.0 Å². The van der Waals surface area contributed by atoms with Crippen LogP contribution in [0.1, 0.15) is 82.8 Å². The van der Waals surface area contributed by atoms with Crippen LogP contribution in [0.3, 0.4) is 0 Å². The molecule has 4 aromatic heterocycles. The van der Waals surface area contributed by atoms with Crippen molar-refractivity contribution in [1.29, 1.82) is 0 Å². The molecule has 16 heteroatoms. The van der Waals surface area contributed by atoms with E-state index >= 15 is 0 Å². The Morgan fingerprint density at radius 2 is 1.01 bits per heavy atom. The molecule has 2 N–H and O–H groups in total. The number of fused-ring (bicyclic) bond motifs is 2. The number of allylic oxidation sites excluding steroid dienone is 4. The number of aromatic nitrogens is 6. The smallest absolute Gasteiger partial charge is 0.171 e. The predicted octanol–water partition coefficient (Wildman–Crippen LogP) is 9.31. The quantitative estimate of drug-likeness (QED) is 0.115. The van der Waals surface area contributed by atoms with Crippen molar-refractivity contribution in [3.63, 3.8) is 0 Å². The van der Waals surface area contributed by atoms with Gasteiger partial charge >= 0.3 is 0 Å². The van der Waals surface area contributed by atoms with Crippen LogP contribution >= 0.6 is 0 Å². The van der Waals surface area contributed by atoms with Gasteiger partial charge in [-0.05, 0) is 89.0 Å². The first-order valence-corrected chi connectivity index (χ1v) is 23.1. The lowest BCUT2D eigenvalue weighted by atomic mass is 9.97. The summed E-state index contributed by atoms with van der Waals surface area (Å²) in [5.41, 5.74) is 11.1. The summed E-state index contributed by atoms with van der Waals surface area (Å²) in [7, 11) is 5.41. The number of nitrogens with one attached hydrogen (secondary N) is 2. The maximum absolute atomic E-state index is 15.0. The van der Waals surface area contributed by atoms with Crippen molar-refractivity contribution in [2.24, 2.45) is 0 Å². The van der Waals surface area contributed by atoms with E-state index in [1.807, 2.05) is 37.7 Å². The summed E-state index contributed by atoms with van der Waals surface area (Å²) >= 11 is 0. The number of halogens is 4. The Hall–Kier alpha value is -6.52. The van der Waals surface area contributed by atoms with Crippen LogP contribution in [0.15, 0.2) is 61.2 Å². The maximum Gasteiger partial charge on any atom is 0.171 e. The van der Waals surface area contributed by atoms with Gasteiger partial charge < -0.3 is 29.6 Å². The van der Waals surface area contributed by atoms with Gasteiger partial charge in [-0.2, -0.15) is 10.2 Å². The Balaban J connectivity index is 0.000000170. The molecule has 0 atom stereocenters. The summed E-state index contributed by atoms with van der Waals surface area (Å²) in [6.07, 6.45) is 17.3. The Kier molecular flexibility index (Phi) is 13.7. The van der Waals surface area contributed by atoms with Crippen molar-refractivity contribution in [2.45, 2.75) is 77.3 Å². The second-order valence-corrected chi connectivity index (χ2v) is 17.6. The van der Waals surface area contributed by atoms with Gasteiger partial charge in [0.15, 0.2) is 46.3 Å². The maximum atomic E-state index is 15.0. The number of methoxy groups -OCH3 is 4. The van der Waals surface area contributed by atoms with E-state index in [-0.39, 0.29) is 47.0 Å². The molecule has 2 fully saturated rings. The summed E-state index contributed by atoms with van der Waals surface area (Å²) < 4.78 is 84.5. The molecule has 2 saturated heterocycles. The van der Waals surface area contributed by atoms with E-state index in [0.717, 1.165) is 119 Å². The minimum absolute atomic E-state index is 0.0418. The van der Waals surface area contributed by atoms with Crippen molar-refractivity contribution < 1.29 is 36.5 Å². The van der Waals surface area contributed by atoms with Gasteiger partial charge in [-0.15, -0.1) is 0 Å². The fraction of sp³-hybridized carbons (Fsp3) is 0.385. The highest BCUT2D eigenvalue weighted by atomic mass is 19.1. The van der Waals surface area contributed by atoms with Gasteiger partial charge in [0.25, 0.3) is 0 Å². The molecule has 2 aliphatic carbocycles. The number of piperidine rings is 2. The van der Waals surface area contributed by atoms with Crippen LogP contribution < -0.4 is 29.6 Å². The van der Waals surface area contributed by atoms with Crippen LogP contribution in [0.25, 0.3) is 33.4 Å². The molecule has 0 radical (unpaired) electrons. The van der Waals surface area contributed by atoms with E-state index < -0.39 is 23.3 Å². The zero-order chi connectivity index (χ0) is 47.6. The largest absolute Gasteiger partial charge is 0.494 e. The number of ether oxygens (including phenoxy) is 4. The van der Waals surface area contributed by atoms with Crippen molar-refractivity contribution in [3.8, 4) is 45.3 Å². The van der Waals surface area contributed by atoms with E-state index in [2.05, 4.69) is 60.3 Å². The molecular formula is C52H56F4N8O4. The molecule has 0 bridgehead atoms. The highest BCUT2D eigenvalue weighted by Gasteiger charge is 2.28. The molecule has 12 nitrogen and oxygen atoms in total. The average molecular weight is 933 g/mol. The number of nitrogens with zero attached hydrogens (tertiary/aromatic N) is 6. The third-order valence-corrected chi connectivity index (χ3v) is 13.7. The van der Waals surface area contributed by atoms with Gasteiger partial charge in [0.05, 0.1) is 63.8 Å². The number of hydrogen-bond donors (Lipinski definition) is 2. The lowest BCUT2D eigenvalue weighted by Gasteiger charge is -2.24. The highest BCUT2D eigenvalue weighted by Crippen LogP contribution is 2.40. The molecule has 0 amide bonds. The predicted molar refractivity (Wildman–Crippen MR) is 252 cm³/mol. The summed E-state index contributed by atoms with van der Waals surface area (Å²) in [5.74, 6) is -3.01. The second-order valence-electron chi connectivity index (χ2n) is 17.6. The Morgan fingerprint density at radius 3 is 1.47 bits per heavy atom. The molecule has 356 valence electrons. The van der Waals surface area contributed by atoms with Gasteiger partial charge in [-0.25, -0.2) is 17.6 Å². The van der Waals surface area contributed by atoms with Crippen LogP contribution in [0.4, 0.5) is 17.6 Å². The molecule has 10 rings (SSSR count). The minimum Gasteiger partial charge on any atom is -0.494 e. The SMILES string of the molecule is COc1cc(OC)c(F)c(CC2=CCc3ncc(-c4cn(C5CCNCC5)nc4C)cc32)c1F.COc1cc(OC)c(F)c(CC2=CCc3ncc(-c4cnn(C5CCNCC5)c4C)cc32)c1F. The molecule has 0 saturated carbocycles. The first kappa shape index (κ1) is 46.6. The van der Waals surface area contributed by atoms with Crippen LogP contribution in [-0.2, 0) is 25.7 Å². The van der Waals surface area contributed by atoms with E-state index in [0.29, 0.717) is 24.9 Å². The van der Waals surface area contributed by atoms with Crippen molar-refractivity contribution in [3.05, 3.63) is 130 Å². The molecular weight excluding hydrogens is 877 g/mol. The number of rotatable bonds is 12. The normalized spacial score (nSPS) is 15.9. The number of aryl methyl sites for hydroxylation is 1. The van der Waals surface area contributed by atoms with E-state index in [9.17, 15) is 17.6 Å². The first-order chi connectivity index (χ1) is 33.0. The monoisotopic (exact) mass is 932 g/mol.